The van der Waals surface area contributed by atoms with Crippen LogP contribution in [0.5, 0.6) is 0 Å². The van der Waals surface area contributed by atoms with Gasteiger partial charge in [0.25, 0.3) is 5.91 Å². The van der Waals surface area contributed by atoms with Crippen LogP contribution in [0.25, 0.3) is 0 Å². The summed E-state index contributed by atoms with van der Waals surface area (Å²) in [6.45, 7) is 3.50. The maximum absolute atomic E-state index is 14.5. The fourth-order valence-corrected chi connectivity index (χ4v) is 3.04. The molecule has 21 heavy (non-hydrogen) atoms. The highest BCUT2D eigenvalue weighted by Crippen LogP contribution is 2.27. The van der Waals surface area contributed by atoms with Gasteiger partial charge in [-0.05, 0) is 49.4 Å². The molecule has 2 N–H and O–H groups in total. The fourth-order valence-electron chi connectivity index (χ4n) is 3.04. The molecule has 114 valence electrons. The summed E-state index contributed by atoms with van der Waals surface area (Å²) in [5.41, 5.74) is 1.95. The minimum atomic E-state index is -0.452. The van der Waals surface area contributed by atoms with Gasteiger partial charge in [0, 0.05) is 6.54 Å². The lowest BCUT2D eigenvalue weighted by Crippen LogP contribution is -2.29. The number of nitrogens with one attached hydrogen (secondary N) is 2. The molecule has 0 saturated carbocycles. The summed E-state index contributed by atoms with van der Waals surface area (Å²) in [5.74, 6) is -0.536. The minimum Gasteiger partial charge on any atom is -0.365 e. The molecule has 5 heteroatoms. The molecule has 0 spiro atoms. The highest BCUT2D eigenvalue weighted by molar-refractivity contribution is 5.94. The van der Waals surface area contributed by atoms with E-state index in [4.69, 9.17) is 4.74 Å². The van der Waals surface area contributed by atoms with Crippen LogP contribution in [-0.4, -0.2) is 24.7 Å². The molecule has 0 bridgehead atoms. The summed E-state index contributed by atoms with van der Waals surface area (Å²) >= 11 is 0. The van der Waals surface area contributed by atoms with Crippen LogP contribution in [0.15, 0.2) is 12.1 Å². The molecular formula is C16H21FN2O2. The Bertz CT molecular complexity index is 547. The molecule has 2 aliphatic rings. The maximum Gasteiger partial charge on any atom is 0.253 e. The first-order valence-corrected chi connectivity index (χ1v) is 7.66. The van der Waals surface area contributed by atoms with Crippen molar-refractivity contribution >= 4 is 11.6 Å². The van der Waals surface area contributed by atoms with E-state index in [0.717, 1.165) is 24.9 Å². The Labute approximate surface area is 124 Å². The Kier molecular flexibility index (Phi) is 4.22. The van der Waals surface area contributed by atoms with E-state index in [-0.39, 0.29) is 23.5 Å². The SMILES string of the molecule is CCC1CCC(C(=O)Nc2ccc3c(c2F)CCNC3)O1. The second-order valence-corrected chi connectivity index (χ2v) is 5.71. The van der Waals surface area contributed by atoms with E-state index in [1.54, 1.807) is 6.07 Å². The zero-order valence-electron chi connectivity index (χ0n) is 12.2. The summed E-state index contributed by atoms with van der Waals surface area (Å²) in [7, 11) is 0. The van der Waals surface area contributed by atoms with Gasteiger partial charge in [-0.2, -0.15) is 0 Å². The summed E-state index contributed by atoms with van der Waals surface area (Å²) in [6, 6.07) is 3.52. The predicted octanol–water partition coefficient (Wildman–Crippen LogP) is 2.37. The number of fused-ring (bicyclic) bond motifs is 1. The molecule has 1 aromatic carbocycles. The van der Waals surface area contributed by atoms with Gasteiger partial charge in [0.05, 0.1) is 11.8 Å². The third-order valence-corrected chi connectivity index (χ3v) is 4.32. The Balaban J connectivity index is 1.72. The monoisotopic (exact) mass is 292 g/mol. The Morgan fingerprint density at radius 1 is 1.48 bits per heavy atom. The van der Waals surface area contributed by atoms with E-state index in [2.05, 4.69) is 10.6 Å². The van der Waals surface area contributed by atoms with Gasteiger partial charge in [-0.3, -0.25) is 4.79 Å². The quantitative estimate of drug-likeness (QED) is 0.899. The standard InChI is InChI=1S/C16H21FN2O2/c1-2-11-4-6-14(21-11)16(20)19-13-5-3-10-9-18-8-7-12(10)15(13)17/h3,5,11,14,18H,2,4,6-9H2,1H3,(H,19,20). The van der Waals surface area contributed by atoms with E-state index >= 15 is 0 Å². The van der Waals surface area contributed by atoms with Crippen molar-refractivity contribution in [2.75, 3.05) is 11.9 Å². The number of amides is 1. The maximum atomic E-state index is 14.5. The van der Waals surface area contributed by atoms with E-state index in [1.807, 2.05) is 13.0 Å². The molecule has 2 aliphatic heterocycles. The first kappa shape index (κ1) is 14.5. The molecule has 0 radical (unpaired) electrons. The predicted molar refractivity (Wildman–Crippen MR) is 78.6 cm³/mol. The van der Waals surface area contributed by atoms with E-state index in [0.29, 0.717) is 24.9 Å². The molecule has 0 aliphatic carbocycles. The molecule has 2 atom stereocenters. The molecule has 2 unspecified atom stereocenters. The van der Waals surface area contributed by atoms with Gasteiger partial charge in [-0.25, -0.2) is 4.39 Å². The van der Waals surface area contributed by atoms with Crippen LogP contribution < -0.4 is 10.6 Å². The molecule has 1 amide bonds. The van der Waals surface area contributed by atoms with Crippen LogP contribution in [-0.2, 0) is 22.5 Å². The third-order valence-electron chi connectivity index (χ3n) is 4.32. The number of halogens is 1. The summed E-state index contributed by atoms with van der Waals surface area (Å²) in [6.07, 6.45) is 2.87. The first-order valence-electron chi connectivity index (χ1n) is 7.66. The van der Waals surface area contributed by atoms with Crippen molar-refractivity contribution in [2.45, 2.75) is 51.4 Å². The van der Waals surface area contributed by atoms with Crippen LogP contribution in [0.2, 0.25) is 0 Å². The molecule has 1 fully saturated rings. The number of carbonyl (C=O) groups excluding carboxylic acids is 1. The Morgan fingerprint density at radius 3 is 3.10 bits per heavy atom. The average molecular weight is 292 g/mol. The van der Waals surface area contributed by atoms with Crippen LogP contribution in [0.1, 0.15) is 37.3 Å². The molecule has 4 nitrogen and oxygen atoms in total. The number of benzene rings is 1. The fraction of sp³-hybridized carbons (Fsp3) is 0.562. The molecule has 2 heterocycles. The first-order chi connectivity index (χ1) is 10.2. The molecule has 1 aromatic rings. The summed E-state index contributed by atoms with van der Waals surface area (Å²) in [5, 5.41) is 5.90. The van der Waals surface area contributed by atoms with Crippen LogP contribution >= 0.6 is 0 Å². The van der Waals surface area contributed by atoms with Gasteiger partial charge in [0.1, 0.15) is 11.9 Å². The topological polar surface area (TPSA) is 50.4 Å². The van der Waals surface area contributed by atoms with Gasteiger partial charge < -0.3 is 15.4 Å². The summed E-state index contributed by atoms with van der Waals surface area (Å²) < 4.78 is 20.1. The van der Waals surface area contributed by atoms with Crippen molar-refractivity contribution in [3.05, 3.63) is 29.1 Å². The normalized spacial score (nSPS) is 24.7. The number of anilines is 1. The second-order valence-electron chi connectivity index (χ2n) is 5.71. The van der Waals surface area contributed by atoms with Crippen LogP contribution in [0, 0.1) is 5.82 Å². The molecule has 0 aromatic heterocycles. The van der Waals surface area contributed by atoms with Crippen molar-refractivity contribution in [3.63, 3.8) is 0 Å². The lowest BCUT2D eigenvalue weighted by Gasteiger charge is -2.20. The third kappa shape index (κ3) is 2.94. The van der Waals surface area contributed by atoms with Gasteiger partial charge in [-0.15, -0.1) is 0 Å². The second kappa shape index (κ2) is 6.12. The Morgan fingerprint density at radius 2 is 2.33 bits per heavy atom. The van der Waals surface area contributed by atoms with Crippen molar-refractivity contribution in [1.29, 1.82) is 0 Å². The largest absolute Gasteiger partial charge is 0.365 e. The van der Waals surface area contributed by atoms with E-state index < -0.39 is 6.10 Å². The smallest absolute Gasteiger partial charge is 0.253 e. The number of hydrogen-bond acceptors (Lipinski definition) is 3. The number of rotatable bonds is 3. The Hall–Kier alpha value is -1.46. The lowest BCUT2D eigenvalue weighted by molar-refractivity contribution is -0.126. The van der Waals surface area contributed by atoms with Gasteiger partial charge in [0.2, 0.25) is 0 Å². The van der Waals surface area contributed by atoms with Crippen molar-refractivity contribution in [2.24, 2.45) is 0 Å². The van der Waals surface area contributed by atoms with Gasteiger partial charge in [-0.1, -0.05) is 13.0 Å². The highest BCUT2D eigenvalue weighted by atomic mass is 19.1. The molecular weight excluding hydrogens is 271 g/mol. The van der Waals surface area contributed by atoms with E-state index in [9.17, 15) is 9.18 Å². The number of hydrogen-bond donors (Lipinski definition) is 2. The summed E-state index contributed by atoms with van der Waals surface area (Å²) in [4.78, 5) is 12.2. The lowest BCUT2D eigenvalue weighted by atomic mass is 9.99. The van der Waals surface area contributed by atoms with Gasteiger partial charge in [0.15, 0.2) is 0 Å². The highest BCUT2D eigenvalue weighted by Gasteiger charge is 2.30. The zero-order chi connectivity index (χ0) is 14.8. The van der Waals surface area contributed by atoms with Crippen molar-refractivity contribution < 1.29 is 13.9 Å². The van der Waals surface area contributed by atoms with Crippen molar-refractivity contribution in [3.8, 4) is 0 Å². The average Bonchev–Trinajstić information content (AvgIpc) is 2.99. The van der Waals surface area contributed by atoms with Crippen LogP contribution in [0.4, 0.5) is 10.1 Å². The molecule has 1 saturated heterocycles. The van der Waals surface area contributed by atoms with Gasteiger partial charge >= 0.3 is 0 Å². The van der Waals surface area contributed by atoms with Crippen molar-refractivity contribution in [1.82, 2.24) is 5.32 Å². The number of ether oxygens (including phenoxy) is 1. The van der Waals surface area contributed by atoms with Crippen LogP contribution in [0.3, 0.4) is 0 Å². The minimum absolute atomic E-state index is 0.153. The molecule has 3 rings (SSSR count). The van der Waals surface area contributed by atoms with E-state index in [1.165, 1.54) is 0 Å². The zero-order valence-corrected chi connectivity index (χ0v) is 12.2. The number of carbonyl (C=O) groups is 1.